The van der Waals surface area contributed by atoms with Crippen molar-refractivity contribution in [2.75, 3.05) is 9.96 Å². The average Bonchev–Trinajstić information content (AvgIpc) is 3.26. The molecule has 1 N–H and O–H groups in total. The van der Waals surface area contributed by atoms with Gasteiger partial charge in [-0.25, -0.2) is 9.96 Å². The van der Waals surface area contributed by atoms with Gasteiger partial charge in [-0.2, -0.15) is 0 Å². The molecule has 2 amide bonds. The highest BCUT2D eigenvalue weighted by atomic mass is 16.7. The van der Waals surface area contributed by atoms with Crippen LogP contribution in [0, 0.1) is 12.8 Å². The third kappa shape index (κ3) is 2.69. The normalized spacial score (nSPS) is 23.2. The molecule has 2 aliphatic rings. The summed E-state index contributed by atoms with van der Waals surface area (Å²) in [4.78, 5) is 34.1. The number of phenolic OH excluding ortho intramolecular Hbond substituents is 1. The molecule has 2 heterocycles. The van der Waals surface area contributed by atoms with E-state index < -0.39 is 24.0 Å². The molecule has 150 valence electrons. The fourth-order valence-corrected chi connectivity index (χ4v) is 4.32. The Morgan fingerprint density at radius 2 is 1.50 bits per heavy atom. The number of aromatic hydroxyl groups is 1. The highest BCUT2D eigenvalue weighted by molar-refractivity contribution is 6.24. The van der Waals surface area contributed by atoms with E-state index >= 15 is 0 Å². The highest BCUT2D eigenvalue weighted by Crippen LogP contribution is 2.49. The number of hydroxylamine groups is 1. The summed E-state index contributed by atoms with van der Waals surface area (Å²) in [5.41, 5.74) is 2.65. The van der Waals surface area contributed by atoms with Crippen molar-refractivity contribution in [3.05, 3.63) is 90.0 Å². The van der Waals surface area contributed by atoms with Gasteiger partial charge in [0.1, 0.15) is 11.7 Å². The maximum Gasteiger partial charge on any atom is 0.266 e. The summed E-state index contributed by atoms with van der Waals surface area (Å²) in [5, 5.41) is 12.1. The van der Waals surface area contributed by atoms with E-state index in [4.69, 9.17) is 4.84 Å². The van der Waals surface area contributed by atoms with Gasteiger partial charge in [0.2, 0.25) is 5.91 Å². The van der Waals surface area contributed by atoms with Gasteiger partial charge in [0.25, 0.3) is 5.91 Å². The summed E-state index contributed by atoms with van der Waals surface area (Å²) in [6, 6.07) is 22.8. The molecule has 3 aromatic carbocycles. The molecule has 0 aliphatic carbocycles. The van der Waals surface area contributed by atoms with Crippen molar-refractivity contribution in [2.45, 2.75) is 19.1 Å². The van der Waals surface area contributed by atoms with Gasteiger partial charge in [-0.05, 0) is 36.8 Å². The number of rotatable bonds is 3. The van der Waals surface area contributed by atoms with Crippen molar-refractivity contribution in [1.29, 1.82) is 0 Å². The molecule has 3 atom stereocenters. The van der Waals surface area contributed by atoms with E-state index in [1.165, 1.54) is 4.90 Å². The maximum atomic E-state index is 13.5. The predicted molar refractivity (Wildman–Crippen MR) is 112 cm³/mol. The van der Waals surface area contributed by atoms with Gasteiger partial charge in [0.05, 0.1) is 17.4 Å². The van der Waals surface area contributed by atoms with Crippen molar-refractivity contribution < 1.29 is 19.5 Å². The van der Waals surface area contributed by atoms with Gasteiger partial charge in [-0.15, -0.1) is 0 Å². The highest BCUT2D eigenvalue weighted by Gasteiger charge is 2.60. The molecule has 2 aliphatic heterocycles. The number of carbonyl (C=O) groups excluding carboxylic acids is 2. The Kier molecular flexibility index (Phi) is 4.29. The zero-order valence-electron chi connectivity index (χ0n) is 16.3. The first-order chi connectivity index (χ1) is 14.6. The lowest BCUT2D eigenvalue weighted by molar-refractivity contribution is -0.126. The number of aryl methyl sites for hydroxylation is 1. The fourth-order valence-electron chi connectivity index (χ4n) is 4.32. The molecule has 5 rings (SSSR count). The van der Waals surface area contributed by atoms with Crippen LogP contribution in [0.3, 0.4) is 0 Å². The first-order valence-electron chi connectivity index (χ1n) is 9.80. The van der Waals surface area contributed by atoms with Crippen LogP contribution in [-0.4, -0.2) is 23.0 Å². The maximum absolute atomic E-state index is 13.5. The van der Waals surface area contributed by atoms with Crippen LogP contribution in [0.1, 0.15) is 17.2 Å². The summed E-state index contributed by atoms with van der Waals surface area (Å²) in [6.07, 6.45) is -0.957. The number of amides is 2. The van der Waals surface area contributed by atoms with Gasteiger partial charge < -0.3 is 5.11 Å². The van der Waals surface area contributed by atoms with Crippen LogP contribution in [0.4, 0.5) is 11.4 Å². The Morgan fingerprint density at radius 3 is 2.23 bits per heavy atom. The summed E-state index contributed by atoms with van der Waals surface area (Å²) < 4.78 is 0. The van der Waals surface area contributed by atoms with Gasteiger partial charge in [-0.3, -0.25) is 14.4 Å². The number of hydrogen-bond acceptors (Lipinski definition) is 5. The minimum absolute atomic E-state index is 0.0577. The lowest BCUT2D eigenvalue weighted by atomic mass is 9.90. The number of hydrogen-bond donors (Lipinski definition) is 1. The predicted octanol–water partition coefficient (Wildman–Crippen LogP) is 3.75. The monoisotopic (exact) mass is 400 g/mol. The Bertz CT molecular complexity index is 1130. The number of anilines is 2. The Hall–Kier alpha value is -3.64. The minimum Gasteiger partial charge on any atom is -0.508 e. The third-order valence-corrected chi connectivity index (χ3v) is 5.74. The Morgan fingerprint density at radius 1 is 0.833 bits per heavy atom. The van der Waals surface area contributed by atoms with E-state index in [9.17, 15) is 14.7 Å². The number of imide groups is 1. The van der Waals surface area contributed by atoms with Gasteiger partial charge >= 0.3 is 0 Å². The molecule has 3 aromatic rings. The lowest BCUT2D eigenvalue weighted by Gasteiger charge is -2.29. The summed E-state index contributed by atoms with van der Waals surface area (Å²) in [5.74, 6) is -1.43. The fraction of sp³-hybridized carbons (Fsp3) is 0.167. The van der Waals surface area contributed by atoms with E-state index in [0.717, 1.165) is 5.56 Å². The number of fused-ring (bicyclic) bond motifs is 1. The quantitative estimate of drug-likeness (QED) is 0.678. The molecule has 2 saturated heterocycles. The molecule has 0 bridgehead atoms. The number of nitrogens with zero attached hydrogens (tertiary/aromatic N) is 2. The SMILES string of the molecule is Cc1ccccc1N1C(=O)[C@@H]2[C@H](ON(c3ccccc3)[C@H]2c2ccccc2O)C1=O. The minimum atomic E-state index is -0.957. The average molecular weight is 400 g/mol. The van der Waals surface area contributed by atoms with E-state index in [1.807, 2.05) is 49.4 Å². The molecule has 2 fully saturated rings. The molecule has 30 heavy (non-hydrogen) atoms. The second kappa shape index (κ2) is 7.00. The van der Waals surface area contributed by atoms with Crippen molar-refractivity contribution in [3.8, 4) is 5.75 Å². The molecule has 0 saturated carbocycles. The van der Waals surface area contributed by atoms with E-state index in [0.29, 0.717) is 16.9 Å². The zero-order chi connectivity index (χ0) is 20.8. The van der Waals surface area contributed by atoms with Crippen LogP contribution in [0.5, 0.6) is 5.75 Å². The van der Waals surface area contributed by atoms with Crippen molar-refractivity contribution >= 4 is 23.2 Å². The molecule has 0 unspecified atom stereocenters. The molecule has 0 radical (unpaired) electrons. The van der Waals surface area contributed by atoms with Crippen LogP contribution in [0.15, 0.2) is 78.9 Å². The number of para-hydroxylation sites is 3. The second-order valence-corrected chi connectivity index (χ2v) is 7.52. The second-order valence-electron chi connectivity index (χ2n) is 7.52. The van der Waals surface area contributed by atoms with Crippen LogP contribution in [-0.2, 0) is 14.4 Å². The van der Waals surface area contributed by atoms with E-state index in [-0.39, 0.29) is 11.7 Å². The Balaban J connectivity index is 1.62. The van der Waals surface area contributed by atoms with Gasteiger partial charge in [0, 0.05) is 5.56 Å². The molecular formula is C24H20N2O4. The number of carbonyl (C=O) groups is 2. The van der Waals surface area contributed by atoms with Crippen LogP contribution in [0.25, 0.3) is 0 Å². The topological polar surface area (TPSA) is 70.1 Å². The van der Waals surface area contributed by atoms with Crippen molar-refractivity contribution in [2.24, 2.45) is 5.92 Å². The first-order valence-corrected chi connectivity index (χ1v) is 9.80. The molecule has 0 aromatic heterocycles. The zero-order valence-corrected chi connectivity index (χ0v) is 16.3. The van der Waals surface area contributed by atoms with Crippen LogP contribution in [0.2, 0.25) is 0 Å². The van der Waals surface area contributed by atoms with E-state index in [1.54, 1.807) is 41.5 Å². The van der Waals surface area contributed by atoms with Crippen molar-refractivity contribution in [3.63, 3.8) is 0 Å². The summed E-state index contributed by atoms with van der Waals surface area (Å²) >= 11 is 0. The number of phenols is 1. The molecule has 6 heteroatoms. The van der Waals surface area contributed by atoms with Crippen LogP contribution < -0.4 is 9.96 Å². The molecule has 6 nitrogen and oxygen atoms in total. The molecule has 0 spiro atoms. The smallest absolute Gasteiger partial charge is 0.266 e. The van der Waals surface area contributed by atoms with Crippen LogP contribution >= 0.6 is 0 Å². The largest absolute Gasteiger partial charge is 0.508 e. The lowest BCUT2D eigenvalue weighted by Crippen LogP contribution is -2.37. The summed E-state index contributed by atoms with van der Waals surface area (Å²) in [6.45, 7) is 1.86. The van der Waals surface area contributed by atoms with Crippen molar-refractivity contribution in [1.82, 2.24) is 0 Å². The number of benzene rings is 3. The standard InChI is InChI=1S/C24H20N2O4/c1-15-9-5-7-13-18(15)25-23(28)20-21(17-12-6-8-14-19(17)27)26(30-22(20)24(25)29)16-10-3-2-4-11-16/h2-14,20-22,27H,1H3/t20-,21-,22-/m0/s1. The third-order valence-electron chi connectivity index (χ3n) is 5.74. The van der Waals surface area contributed by atoms with Gasteiger partial charge in [0.15, 0.2) is 6.10 Å². The first kappa shape index (κ1) is 18.4. The van der Waals surface area contributed by atoms with E-state index in [2.05, 4.69) is 0 Å². The van der Waals surface area contributed by atoms with Gasteiger partial charge in [-0.1, -0.05) is 54.6 Å². The Labute approximate surface area is 173 Å². The summed E-state index contributed by atoms with van der Waals surface area (Å²) in [7, 11) is 0. The molecular weight excluding hydrogens is 380 g/mol.